The van der Waals surface area contributed by atoms with Crippen molar-refractivity contribution in [1.29, 1.82) is 0 Å². The average molecular weight is 458 g/mol. The number of anilines is 1. The van der Waals surface area contributed by atoms with Crippen molar-refractivity contribution in [2.75, 3.05) is 31.1 Å². The molecule has 1 fully saturated rings. The van der Waals surface area contributed by atoms with Crippen LogP contribution >= 0.6 is 11.6 Å². The van der Waals surface area contributed by atoms with E-state index in [4.69, 9.17) is 16.3 Å². The zero-order valence-corrected chi connectivity index (χ0v) is 20.1. The van der Waals surface area contributed by atoms with Gasteiger partial charge in [-0.05, 0) is 51.3 Å². The summed E-state index contributed by atoms with van der Waals surface area (Å²) >= 11 is 6.35. The summed E-state index contributed by atoms with van der Waals surface area (Å²) < 4.78 is 5.52. The molecular weight excluding hydrogens is 426 g/mol. The zero-order valence-electron chi connectivity index (χ0n) is 19.3. The molecule has 8 heteroatoms. The van der Waals surface area contributed by atoms with Gasteiger partial charge in [0.25, 0.3) is 0 Å². The Labute approximate surface area is 195 Å². The second-order valence-electron chi connectivity index (χ2n) is 9.64. The number of halogens is 1. The number of rotatable bonds is 3. The van der Waals surface area contributed by atoms with Crippen molar-refractivity contribution in [2.45, 2.75) is 58.8 Å². The number of aromatic nitrogens is 2. The molecule has 172 valence electrons. The Morgan fingerprint density at radius 2 is 1.81 bits per heavy atom. The summed E-state index contributed by atoms with van der Waals surface area (Å²) in [6, 6.07) is 10.9. The van der Waals surface area contributed by atoms with Crippen molar-refractivity contribution in [3.8, 4) is 0 Å². The van der Waals surface area contributed by atoms with Gasteiger partial charge in [0.1, 0.15) is 11.4 Å². The van der Waals surface area contributed by atoms with Crippen LogP contribution in [0.2, 0.25) is 5.28 Å². The van der Waals surface area contributed by atoms with Crippen LogP contribution in [0.25, 0.3) is 0 Å². The fourth-order valence-electron chi connectivity index (χ4n) is 4.32. The standard InChI is InChI=1S/C24H32ClN5O2/c1-17-14-19-20(16-30(17)15-18-8-6-5-7-9-18)26-22(25)27-21(19)28-10-12-29(13-11-28)23(31)32-24(2,3)4/h5-9,17H,10-16H2,1-4H3/t17-/m0/s1. The van der Waals surface area contributed by atoms with Gasteiger partial charge in [-0.25, -0.2) is 14.8 Å². The first kappa shape index (κ1) is 22.8. The molecule has 1 atom stereocenters. The number of amides is 1. The van der Waals surface area contributed by atoms with E-state index in [0.29, 0.717) is 32.2 Å². The highest BCUT2D eigenvalue weighted by Gasteiger charge is 2.32. The summed E-state index contributed by atoms with van der Waals surface area (Å²) in [6.45, 7) is 12.1. The van der Waals surface area contributed by atoms with Crippen LogP contribution in [0.4, 0.5) is 10.6 Å². The molecule has 0 saturated carbocycles. The minimum absolute atomic E-state index is 0.259. The normalized spacial score (nSPS) is 19.6. The molecule has 0 N–H and O–H groups in total. The molecule has 3 heterocycles. The smallest absolute Gasteiger partial charge is 0.410 e. The van der Waals surface area contributed by atoms with E-state index in [0.717, 1.165) is 31.0 Å². The van der Waals surface area contributed by atoms with Gasteiger partial charge < -0.3 is 14.5 Å². The first-order valence-corrected chi connectivity index (χ1v) is 11.6. The van der Waals surface area contributed by atoms with Crippen molar-refractivity contribution >= 4 is 23.5 Å². The van der Waals surface area contributed by atoms with Gasteiger partial charge in [-0.3, -0.25) is 4.90 Å². The van der Waals surface area contributed by atoms with E-state index in [1.54, 1.807) is 4.90 Å². The van der Waals surface area contributed by atoms with Gasteiger partial charge in [-0.1, -0.05) is 30.3 Å². The molecule has 0 radical (unpaired) electrons. The first-order valence-electron chi connectivity index (χ1n) is 11.3. The molecule has 2 aromatic rings. The maximum absolute atomic E-state index is 12.4. The van der Waals surface area contributed by atoms with E-state index in [1.807, 2.05) is 26.8 Å². The number of carbonyl (C=O) groups is 1. The van der Waals surface area contributed by atoms with Crippen LogP contribution in [0.1, 0.15) is 44.5 Å². The maximum atomic E-state index is 12.4. The number of nitrogens with zero attached hydrogens (tertiary/aromatic N) is 5. The van der Waals surface area contributed by atoms with Crippen molar-refractivity contribution < 1.29 is 9.53 Å². The molecule has 1 saturated heterocycles. The Morgan fingerprint density at radius 3 is 2.47 bits per heavy atom. The van der Waals surface area contributed by atoms with E-state index in [9.17, 15) is 4.79 Å². The molecule has 1 aromatic carbocycles. The number of ether oxygens (including phenoxy) is 1. The van der Waals surface area contributed by atoms with Crippen molar-refractivity contribution in [3.05, 3.63) is 52.4 Å². The summed E-state index contributed by atoms with van der Waals surface area (Å²) in [4.78, 5) is 28.0. The third-order valence-corrected chi connectivity index (χ3v) is 6.15. The Hall–Kier alpha value is -2.38. The predicted molar refractivity (Wildman–Crippen MR) is 126 cm³/mol. The third kappa shape index (κ3) is 5.33. The largest absolute Gasteiger partial charge is 0.444 e. The minimum atomic E-state index is -0.491. The minimum Gasteiger partial charge on any atom is -0.444 e. The SMILES string of the molecule is C[C@H]1Cc2c(nc(Cl)nc2N2CCN(C(=O)OC(C)(C)C)CC2)CN1Cc1ccccc1. The molecule has 4 rings (SSSR count). The van der Waals surface area contributed by atoms with Gasteiger partial charge in [-0.15, -0.1) is 0 Å². The van der Waals surface area contributed by atoms with Crippen molar-refractivity contribution in [1.82, 2.24) is 19.8 Å². The maximum Gasteiger partial charge on any atom is 0.410 e. The number of piperazine rings is 1. The molecule has 7 nitrogen and oxygen atoms in total. The zero-order chi connectivity index (χ0) is 22.9. The van der Waals surface area contributed by atoms with Gasteiger partial charge in [0.2, 0.25) is 5.28 Å². The Kier molecular flexibility index (Phi) is 6.58. The lowest BCUT2D eigenvalue weighted by molar-refractivity contribution is 0.0240. The highest BCUT2D eigenvalue weighted by Crippen LogP contribution is 2.31. The second kappa shape index (κ2) is 9.24. The molecule has 1 amide bonds. The molecule has 2 aliphatic heterocycles. The summed E-state index contributed by atoms with van der Waals surface area (Å²) in [5, 5.41) is 0.280. The highest BCUT2D eigenvalue weighted by molar-refractivity contribution is 6.28. The van der Waals surface area contributed by atoms with Crippen LogP contribution in [0.15, 0.2) is 30.3 Å². The number of hydrogen-bond acceptors (Lipinski definition) is 6. The number of hydrogen-bond donors (Lipinski definition) is 0. The van der Waals surface area contributed by atoms with Crippen LogP contribution in [-0.4, -0.2) is 63.7 Å². The molecular formula is C24H32ClN5O2. The summed E-state index contributed by atoms with van der Waals surface area (Å²) in [6.07, 6.45) is 0.617. The van der Waals surface area contributed by atoms with Gasteiger partial charge in [0.05, 0.1) is 5.69 Å². The molecule has 0 bridgehead atoms. The van der Waals surface area contributed by atoms with Gasteiger partial charge in [0.15, 0.2) is 0 Å². The highest BCUT2D eigenvalue weighted by atomic mass is 35.5. The lowest BCUT2D eigenvalue weighted by Gasteiger charge is -2.39. The van der Waals surface area contributed by atoms with E-state index in [1.165, 1.54) is 11.1 Å². The number of carbonyl (C=O) groups excluding carboxylic acids is 1. The van der Waals surface area contributed by atoms with Crippen molar-refractivity contribution in [2.24, 2.45) is 0 Å². The fraction of sp³-hybridized carbons (Fsp3) is 0.542. The molecule has 32 heavy (non-hydrogen) atoms. The first-order chi connectivity index (χ1) is 15.2. The van der Waals surface area contributed by atoms with Crippen molar-refractivity contribution in [3.63, 3.8) is 0 Å². The molecule has 0 spiro atoms. The quantitative estimate of drug-likeness (QED) is 0.646. The molecule has 1 aromatic heterocycles. The summed E-state index contributed by atoms with van der Waals surface area (Å²) in [5.74, 6) is 0.912. The van der Waals surface area contributed by atoms with Crippen LogP contribution < -0.4 is 4.90 Å². The molecule has 0 unspecified atom stereocenters. The van der Waals surface area contributed by atoms with E-state index < -0.39 is 5.60 Å². The van der Waals surface area contributed by atoms with Gasteiger partial charge >= 0.3 is 6.09 Å². The van der Waals surface area contributed by atoms with Crippen LogP contribution in [0, 0.1) is 0 Å². The number of fused-ring (bicyclic) bond motifs is 1. The summed E-state index contributed by atoms with van der Waals surface area (Å²) in [7, 11) is 0. The van der Waals surface area contributed by atoms with E-state index in [2.05, 4.69) is 51.0 Å². The van der Waals surface area contributed by atoms with Crippen LogP contribution in [-0.2, 0) is 24.2 Å². The third-order valence-electron chi connectivity index (χ3n) is 5.98. The Bertz CT molecular complexity index is 955. The molecule has 0 aliphatic carbocycles. The Morgan fingerprint density at radius 1 is 1.12 bits per heavy atom. The van der Waals surface area contributed by atoms with Gasteiger partial charge in [0, 0.05) is 50.9 Å². The Balaban J connectivity index is 1.47. The topological polar surface area (TPSA) is 61.8 Å². The van der Waals surface area contributed by atoms with Gasteiger partial charge in [-0.2, -0.15) is 0 Å². The van der Waals surface area contributed by atoms with Crippen LogP contribution in [0.5, 0.6) is 0 Å². The lowest BCUT2D eigenvalue weighted by atomic mass is 9.97. The number of benzene rings is 1. The second-order valence-corrected chi connectivity index (χ2v) is 9.98. The van der Waals surface area contributed by atoms with E-state index in [-0.39, 0.29) is 11.4 Å². The fourth-order valence-corrected chi connectivity index (χ4v) is 4.50. The lowest BCUT2D eigenvalue weighted by Crippen LogP contribution is -2.51. The van der Waals surface area contributed by atoms with E-state index >= 15 is 0 Å². The predicted octanol–water partition coefficient (Wildman–Crippen LogP) is 4.13. The summed E-state index contributed by atoms with van der Waals surface area (Å²) in [5.41, 5.74) is 2.98. The monoisotopic (exact) mass is 457 g/mol. The molecule has 2 aliphatic rings. The van der Waals surface area contributed by atoms with Crippen LogP contribution in [0.3, 0.4) is 0 Å². The average Bonchev–Trinajstić information content (AvgIpc) is 2.74.